The number of hydrogen-bond donors (Lipinski definition) is 2. The molecule has 0 bridgehead atoms. The second-order valence-electron chi connectivity index (χ2n) is 6.47. The molecule has 1 aliphatic carbocycles. The van der Waals surface area contributed by atoms with E-state index in [-0.39, 0.29) is 6.10 Å². The first-order valence-corrected chi connectivity index (χ1v) is 8.22. The largest absolute Gasteiger partial charge is 0.508 e. The molecule has 0 atom stereocenters. The molecule has 0 amide bonds. The van der Waals surface area contributed by atoms with Crippen molar-refractivity contribution in [3.05, 3.63) is 47.3 Å². The van der Waals surface area contributed by atoms with Crippen LogP contribution in [-0.2, 0) is 13.1 Å². The Morgan fingerprint density at radius 2 is 1.96 bits per heavy atom. The number of phenolic OH excluding ortho intramolecular Hbond substituents is 1. The molecule has 5 nitrogen and oxygen atoms in total. The summed E-state index contributed by atoms with van der Waals surface area (Å²) >= 11 is 0. The van der Waals surface area contributed by atoms with Gasteiger partial charge in [0.2, 0.25) is 0 Å². The van der Waals surface area contributed by atoms with Crippen LogP contribution in [0.2, 0.25) is 0 Å². The van der Waals surface area contributed by atoms with Crippen molar-refractivity contribution < 1.29 is 14.7 Å². The zero-order valence-corrected chi connectivity index (χ0v) is 13.5. The van der Waals surface area contributed by atoms with Gasteiger partial charge in [-0.25, -0.2) is 0 Å². The van der Waals surface area contributed by atoms with Gasteiger partial charge in [0.15, 0.2) is 0 Å². The van der Waals surface area contributed by atoms with E-state index in [0.717, 1.165) is 49.2 Å². The molecule has 124 valence electrons. The van der Waals surface area contributed by atoms with Crippen LogP contribution in [0.3, 0.4) is 0 Å². The van der Waals surface area contributed by atoms with Gasteiger partial charge in [-0.15, -0.1) is 0 Å². The summed E-state index contributed by atoms with van der Waals surface area (Å²) in [5.41, 5.74) is 2.00. The first kappa shape index (κ1) is 16.0. The Bertz CT molecular complexity index is 633. The first-order valence-electron chi connectivity index (χ1n) is 8.22. The fourth-order valence-corrected chi connectivity index (χ4v) is 3.33. The van der Waals surface area contributed by atoms with Crippen LogP contribution in [0, 0.1) is 6.92 Å². The maximum Gasteiger partial charge on any atom is 0.133 e. The number of aliphatic hydroxyl groups is 1. The molecule has 5 heteroatoms. The van der Waals surface area contributed by atoms with E-state index in [1.54, 1.807) is 12.1 Å². The van der Waals surface area contributed by atoms with Crippen molar-refractivity contribution in [1.29, 1.82) is 0 Å². The fraction of sp³-hybridized carbons (Fsp3) is 0.500. The third-order valence-corrected chi connectivity index (χ3v) is 4.52. The van der Waals surface area contributed by atoms with Gasteiger partial charge in [-0.3, -0.25) is 4.90 Å². The van der Waals surface area contributed by atoms with Crippen LogP contribution in [-0.4, -0.2) is 32.4 Å². The molecule has 2 N–H and O–H groups in total. The monoisotopic (exact) mass is 316 g/mol. The lowest BCUT2D eigenvalue weighted by atomic mass is 9.91. The number of phenols is 1. The summed E-state index contributed by atoms with van der Waals surface area (Å²) in [5, 5.41) is 23.5. The summed E-state index contributed by atoms with van der Waals surface area (Å²) in [7, 11) is 0. The summed E-state index contributed by atoms with van der Waals surface area (Å²) in [6, 6.07) is 9.77. The van der Waals surface area contributed by atoms with Crippen LogP contribution in [0.15, 0.2) is 34.9 Å². The minimum atomic E-state index is -0.164. The molecule has 1 aliphatic rings. The zero-order chi connectivity index (χ0) is 16.2. The van der Waals surface area contributed by atoms with E-state index in [1.165, 1.54) is 0 Å². The molecule has 2 aromatic rings. The van der Waals surface area contributed by atoms with Gasteiger partial charge in [0.05, 0.1) is 11.8 Å². The summed E-state index contributed by atoms with van der Waals surface area (Å²) < 4.78 is 5.18. The summed E-state index contributed by atoms with van der Waals surface area (Å²) in [5.74, 6) is 1.11. The molecular formula is C18H24N2O3. The Morgan fingerprint density at radius 1 is 1.17 bits per heavy atom. The SMILES string of the molecule is Cc1cc(CN(Cc2cccc(O)c2)C2CCC(O)CC2)no1. The van der Waals surface area contributed by atoms with Crippen molar-refractivity contribution in [3.63, 3.8) is 0 Å². The molecule has 23 heavy (non-hydrogen) atoms. The van der Waals surface area contributed by atoms with Gasteiger partial charge in [0, 0.05) is 25.2 Å². The van der Waals surface area contributed by atoms with E-state index in [9.17, 15) is 10.2 Å². The van der Waals surface area contributed by atoms with Crippen molar-refractivity contribution in [2.24, 2.45) is 0 Å². The van der Waals surface area contributed by atoms with Crippen LogP contribution < -0.4 is 0 Å². The Morgan fingerprint density at radius 3 is 2.61 bits per heavy atom. The second kappa shape index (κ2) is 7.15. The Balaban J connectivity index is 1.74. The molecule has 0 saturated heterocycles. The molecule has 1 aromatic carbocycles. The maximum absolute atomic E-state index is 9.75. The number of aliphatic hydroxyl groups excluding tert-OH is 1. The lowest BCUT2D eigenvalue weighted by Gasteiger charge is -2.35. The Hall–Kier alpha value is -1.85. The quantitative estimate of drug-likeness (QED) is 0.887. The van der Waals surface area contributed by atoms with Crippen LogP contribution in [0.25, 0.3) is 0 Å². The van der Waals surface area contributed by atoms with E-state index in [4.69, 9.17) is 4.52 Å². The fourth-order valence-electron chi connectivity index (χ4n) is 3.33. The van der Waals surface area contributed by atoms with Gasteiger partial charge in [-0.05, 0) is 50.3 Å². The molecule has 1 aromatic heterocycles. The lowest BCUT2D eigenvalue weighted by molar-refractivity contribution is 0.0655. The third kappa shape index (κ3) is 4.33. The number of aryl methyl sites for hydroxylation is 1. The normalized spacial score (nSPS) is 21.7. The van der Waals surface area contributed by atoms with Gasteiger partial charge >= 0.3 is 0 Å². The van der Waals surface area contributed by atoms with E-state index in [2.05, 4.69) is 10.1 Å². The van der Waals surface area contributed by atoms with E-state index in [0.29, 0.717) is 18.3 Å². The number of aromatic nitrogens is 1. The van der Waals surface area contributed by atoms with Crippen LogP contribution in [0.1, 0.15) is 42.7 Å². The standard InChI is InChI=1S/C18H24N2O3/c1-13-9-15(19-23-13)12-20(16-5-7-17(21)8-6-16)11-14-3-2-4-18(22)10-14/h2-4,9-10,16-17,21-22H,5-8,11-12H2,1H3. The minimum absolute atomic E-state index is 0.164. The second-order valence-corrected chi connectivity index (χ2v) is 6.47. The summed E-state index contributed by atoms with van der Waals surface area (Å²) in [4.78, 5) is 2.37. The van der Waals surface area contributed by atoms with Crippen LogP contribution in [0.4, 0.5) is 0 Å². The van der Waals surface area contributed by atoms with Gasteiger partial charge in [0.1, 0.15) is 11.5 Å². The van der Waals surface area contributed by atoms with Crippen molar-refractivity contribution in [1.82, 2.24) is 10.1 Å². The summed E-state index contributed by atoms with van der Waals surface area (Å²) in [6.07, 6.45) is 3.49. The number of aromatic hydroxyl groups is 1. The average molecular weight is 316 g/mol. The topological polar surface area (TPSA) is 69.7 Å². The Kier molecular flexibility index (Phi) is 4.98. The van der Waals surface area contributed by atoms with Gasteiger partial charge in [-0.1, -0.05) is 17.3 Å². The molecule has 0 spiro atoms. The highest BCUT2D eigenvalue weighted by Crippen LogP contribution is 2.26. The smallest absolute Gasteiger partial charge is 0.133 e. The van der Waals surface area contributed by atoms with Crippen molar-refractivity contribution in [2.75, 3.05) is 0 Å². The van der Waals surface area contributed by atoms with E-state index < -0.39 is 0 Å². The number of nitrogens with zero attached hydrogens (tertiary/aromatic N) is 2. The molecule has 1 fully saturated rings. The van der Waals surface area contributed by atoms with Crippen molar-refractivity contribution >= 4 is 0 Å². The van der Waals surface area contributed by atoms with Gasteiger partial charge in [0.25, 0.3) is 0 Å². The maximum atomic E-state index is 9.75. The van der Waals surface area contributed by atoms with E-state index in [1.807, 2.05) is 25.1 Å². The lowest BCUT2D eigenvalue weighted by Crippen LogP contribution is -2.38. The van der Waals surface area contributed by atoms with Crippen molar-refractivity contribution in [3.8, 4) is 5.75 Å². The van der Waals surface area contributed by atoms with Crippen LogP contribution >= 0.6 is 0 Å². The minimum Gasteiger partial charge on any atom is -0.508 e. The Labute approximate surface area is 136 Å². The van der Waals surface area contributed by atoms with E-state index >= 15 is 0 Å². The molecule has 0 aliphatic heterocycles. The molecule has 3 rings (SSSR count). The number of rotatable bonds is 5. The molecule has 1 saturated carbocycles. The highest BCUT2D eigenvalue weighted by Gasteiger charge is 2.25. The third-order valence-electron chi connectivity index (χ3n) is 4.52. The predicted octanol–water partition coefficient (Wildman–Crippen LogP) is 2.99. The highest BCUT2D eigenvalue weighted by molar-refractivity contribution is 5.27. The predicted molar refractivity (Wildman–Crippen MR) is 86.9 cm³/mol. The molecule has 0 radical (unpaired) electrons. The van der Waals surface area contributed by atoms with Crippen LogP contribution in [0.5, 0.6) is 5.75 Å². The molecular weight excluding hydrogens is 292 g/mol. The van der Waals surface area contributed by atoms with Crippen molar-refractivity contribution in [2.45, 2.75) is 57.8 Å². The molecule has 0 unspecified atom stereocenters. The zero-order valence-electron chi connectivity index (χ0n) is 13.5. The first-order chi connectivity index (χ1) is 11.1. The van der Waals surface area contributed by atoms with Gasteiger partial charge < -0.3 is 14.7 Å². The van der Waals surface area contributed by atoms with Gasteiger partial charge in [-0.2, -0.15) is 0 Å². The average Bonchev–Trinajstić information content (AvgIpc) is 2.93. The number of hydrogen-bond acceptors (Lipinski definition) is 5. The molecule has 1 heterocycles. The summed E-state index contributed by atoms with van der Waals surface area (Å²) in [6.45, 7) is 3.36. The highest BCUT2D eigenvalue weighted by atomic mass is 16.5. The number of benzene rings is 1.